The third kappa shape index (κ3) is 3.80. The van der Waals surface area contributed by atoms with E-state index in [0.29, 0.717) is 10.7 Å². The number of hydrogen-bond donors (Lipinski definition) is 3. The Kier molecular flexibility index (Phi) is 5.06. The van der Waals surface area contributed by atoms with Crippen LogP contribution in [0.3, 0.4) is 0 Å². The number of aliphatic hydroxyl groups is 1. The van der Waals surface area contributed by atoms with Gasteiger partial charge in [-0.05, 0) is 12.1 Å². The molecule has 3 N–H and O–H groups in total. The third-order valence-corrected chi connectivity index (χ3v) is 2.38. The van der Waals surface area contributed by atoms with Crippen LogP contribution in [0.25, 0.3) is 0 Å². The van der Waals surface area contributed by atoms with Crippen molar-refractivity contribution in [3.05, 3.63) is 23.2 Å². The van der Waals surface area contributed by atoms with Crippen LogP contribution in [0, 0.1) is 0 Å². The molecule has 1 aromatic rings. The van der Waals surface area contributed by atoms with E-state index in [4.69, 9.17) is 16.7 Å². The molecule has 0 aromatic heterocycles. The van der Waals surface area contributed by atoms with Gasteiger partial charge in [-0.15, -0.1) is 0 Å². The average Bonchev–Trinajstić information content (AvgIpc) is 2.25. The largest absolute Gasteiger partial charge is 0.395 e. The number of halogens is 1. The Labute approximate surface area is 105 Å². The third-order valence-electron chi connectivity index (χ3n) is 2.08. The predicted octanol–water partition coefficient (Wildman–Crippen LogP) is 1.52. The average molecular weight is 258 g/mol. The fraction of sp³-hybridized carbons (Fsp3) is 0.364. The van der Waals surface area contributed by atoms with Gasteiger partial charge in [0.15, 0.2) is 0 Å². The van der Waals surface area contributed by atoms with Gasteiger partial charge in [0.25, 0.3) is 0 Å². The smallest absolute Gasteiger partial charge is 0.319 e. The maximum Gasteiger partial charge on any atom is 0.319 e. The fourth-order valence-electron chi connectivity index (χ4n) is 1.41. The molecule has 6 heteroatoms. The molecule has 1 rings (SSSR count). The van der Waals surface area contributed by atoms with Crippen molar-refractivity contribution in [2.24, 2.45) is 0 Å². The highest BCUT2D eigenvalue weighted by Gasteiger charge is 2.11. The Morgan fingerprint density at radius 1 is 1.47 bits per heavy atom. The van der Waals surface area contributed by atoms with E-state index < -0.39 is 0 Å². The van der Waals surface area contributed by atoms with Crippen LogP contribution >= 0.6 is 11.6 Å². The summed E-state index contributed by atoms with van der Waals surface area (Å²) < 4.78 is 0. The molecule has 0 atom stereocenters. The lowest BCUT2D eigenvalue weighted by Crippen LogP contribution is -2.31. The molecule has 0 aliphatic rings. The number of anilines is 2. The van der Waals surface area contributed by atoms with Gasteiger partial charge in [0.2, 0.25) is 0 Å². The molecule has 0 spiro atoms. The summed E-state index contributed by atoms with van der Waals surface area (Å²) >= 11 is 6.06. The number of benzene rings is 1. The highest BCUT2D eigenvalue weighted by atomic mass is 35.5. The van der Waals surface area contributed by atoms with Gasteiger partial charge in [-0.3, -0.25) is 0 Å². The van der Waals surface area contributed by atoms with Crippen LogP contribution in [0.2, 0.25) is 5.02 Å². The Balaban J connectivity index is 2.83. The van der Waals surface area contributed by atoms with E-state index in [2.05, 4.69) is 10.6 Å². The number of nitrogens with zero attached hydrogens (tertiary/aromatic N) is 1. The number of para-hydroxylation sites is 1. The zero-order valence-corrected chi connectivity index (χ0v) is 10.6. The second-order valence-electron chi connectivity index (χ2n) is 3.63. The molecule has 94 valence electrons. The molecule has 0 aliphatic heterocycles. The van der Waals surface area contributed by atoms with Gasteiger partial charge in [0.1, 0.15) is 0 Å². The predicted molar refractivity (Wildman–Crippen MR) is 69.9 cm³/mol. The summed E-state index contributed by atoms with van der Waals surface area (Å²) in [5, 5.41) is 14.3. The topological polar surface area (TPSA) is 64.6 Å². The van der Waals surface area contributed by atoms with E-state index in [-0.39, 0.29) is 19.2 Å². The first-order chi connectivity index (χ1) is 8.06. The first-order valence-corrected chi connectivity index (χ1v) is 5.55. The molecular formula is C11H16ClN3O2. The zero-order valence-electron chi connectivity index (χ0n) is 9.83. The van der Waals surface area contributed by atoms with Gasteiger partial charge in [0, 0.05) is 20.6 Å². The molecule has 5 nitrogen and oxygen atoms in total. The van der Waals surface area contributed by atoms with Crippen molar-refractivity contribution >= 4 is 29.0 Å². The molecule has 0 bridgehead atoms. The molecule has 0 aliphatic carbocycles. The van der Waals surface area contributed by atoms with Gasteiger partial charge in [-0.2, -0.15) is 0 Å². The summed E-state index contributed by atoms with van der Waals surface area (Å²) in [6.07, 6.45) is 0. The lowest BCUT2D eigenvalue weighted by atomic mass is 10.2. The number of carbonyl (C=O) groups is 1. The minimum absolute atomic E-state index is 0.0937. The van der Waals surface area contributed by atoms with Crippen LogP contribution in [-0.4, -0.2) is 38.4 Å². The molecule has 0 heterocycles. The number of nitrogens with one attached hydrogen (secondary N) is 2. The van der Waals surface area contributed by atoms with Crippen molar-refractivity contribution in [2.75, 3.05) is 37.5 Å². The molecule has 0 unspecified atom stereocenters. The molecule has 1 aromatic carbocycles. The molecule has 17 heavy (non-hydrogen) atoms. The lowest BCUT2D eigenvalue weighted by Gasteiger charge is -2.19. The number of hydrogen-bond acceptors (Lipinski definition) is 3. The molecule has 0 radical (unpaired) electrons. The van der Waals surface area contributed by atoms with Gasteiger partial charge in [-0.1, -0.05) is 17.7 Å². The molecule has 0 saturated heterocycles. The normalized spacial score (nSPS) is 9.88. The molecular weight excluding hydrogens is 242 g/mol. The number of carbonyl (C=O) groups excluding carboxylic acids is 1. The van der Waals surface area contributed by atoms with Crippen molar-refractivity contribution in [3.63, 3.8) is 0 Å². The molecule has 0 saturated carbocycles. The number of urea groups is 1. The summed E-state index contributed by atoms with van der Waals surface area (Å²) in [7, 11) is 3.69. The van der Waals surface area contributed by atoms with E-state index in [1.54, 1.807) is 18.2 Å². The van der Waals surface area contributed by atoms with Crippen molar-refractivity contribution < 1.29 is 9.90 Å². The second kappa shape index (κ2) is 6.32. The van der Waals surface area contributed by atoms with Gasteiger partial charge in [0.05, 0.1) is 23.0 Å². The Morgan fingerprint density at radius 3 is 2.76 bits per heavy atom. The van der Waals surface area contributed by atoms with Crippen LogP contribution in [0.1, 0.15) is 0 Å². The van der Waals surface area contributed by atoms with E-state index in [1.165, 1.54) is 0 Å². The summed E-state index contributed by atoms with van der Waals surface area (Å²) in [5.74, 6) is 0. The van der Waals surface area contributed by atoms with Crippen LogP contribution in [0.4, 0.5) is 16.2 Å². The van der Waals surface area contributed by atoms with Gasteiger partial charge < -0.3 is 20.6 Å². The molecule has 0 fully saturated rings. The monoisotopic (exact) mass is 257 g/mol. The maximum atomic E-state index is 11.5. The fourth-order valence-corrected chi connectivity index (χ4v) is 1.75. The van der Waals surface area contributed by atoms with Crippen molar-refractivity contribution in [1.82, 2.24) is 5.32 Å². The van der Waals surface area contributed by atoms with Gasteiger partial charge in [-0.25, -0.2) is 4.79 Å². The SMILES string of the molecule is CN(C)c1c(Cl)cccc1NC(=O)NCCO. The van der Waals surface area contributed by atoms with Crippen LogP contribution in [0.5, 0.6) is 0 Å². The Morgan fingerprint density at radius 2 is 2.18 bits per heavy atom. The zero-order chi connectivity index (χ0) is 12.8. The quantitative estimate of drug-likeness (QED) is 0.766. The lowest BCUT2D eigenvalue weighted by molar-refractivity contribution is 0.245. The standard InChI is InChI=1S/C11H16ClN3O2/c1-15(2)10-8(12)4-3-5-9(10)14-11(17)13-6-7-16/h3-5,16H,6-7H2,1-2H3,(H2,13,14,17). The first kappa shape index (κ1) is 13.6. The number of amides is 2. The Hall–Kier alpha value is -1.46. The highest BCUT2D eigenvalue weighted by Crippen LogP contribution is 2.32. The van der Waals surface area contributed by atoms with Gasteiger partial charge >= 0.3 is 6.03 Å². The van der Waals surface area contributed by atoms with Crippen LogP contribution in [-0.2, 0) is 0 Å². The Bertz CT molecular complexity index is 396. The summed E-state index contributed by atoms with van der Waals surface area (Å²) in [4.78, 5) is 13.3. The second-order valence-corrected chi connectivity index (χ2v) is 4.04. The first-order valence-electron chi connectivity index (χ1n) is 5.17. The minimum atomic E-state index is -0.371. The van der Waals surface area contributed by atoms with E-state index in [0.717, 1.165) is 5.69 Å². The van der Waals surface area contributed by atoms with E-state index in [9.17, 15) is 4.79 Å². The van der Waals surface area contributed by atoms with E-state index >= 15 is 0 Å². The van der Waals surface area contributed by atoms with Crippen molar-refractivity contribution in [1.29, 1.82) is 0 Å². The summed E-state index contributed by atoms with van der Waals surface area (Å²) in [6, 6.07) is 4.91. The summed E-state index contributed by atoms with van der Waals surface area (Å²) in [6.45, 7) is 0.118. The van der Waals surface area contributed by atoms with Crippen LogP contribution in [0.15, 0.2) is 18.2 Å². The number of aliphatic hydroxyl groups excluding tert-OH is 1. The highest BCUT2D eigenvalue weighted by molar-refractivity contribution is 6.34. The number of rotatable bonds is 4. The summed E-state index contributed by atoms with van der Waals surface area (Å²) in [5.41, 5.74) is 1.37. The molecule has 2 amide bonds. The van der Waals surface area contributed by atoms with Crippen molar-refractivity contribution in [3.8, 4) is 0 Å². The van der Waals surface area contributed by atoms with E-state index in [1.807, 2.05) is 19.0 Å². The van der Waals surface area contributed by atoms with Crippen molar-refractivity contribution in [2.45, 2.75) is 0 Å². The maximum absolute atomic E-state index is 11.5. The van der Waals surface area contributed by atoms with Crippen LogP contribution < -0.4 is 15.5 Å². The minimum Gasteiger partial charge on any atom is -0.395 e.